The lowest BCUT2D eigenvalue weighted by Gasteiger charge is -2.41. The highest BCUT2D eigenvalue weighted by Crippen LogP contribution is 2.31. The maximum atomic E-state index is 13.9. The Morgan fingerprint density at radius 1 is 1.17 bits per heavy atom. The Hall–Kier alpha value is -2.73. The van der Waals surface area contributed by atoms with Crippen LogP contribution < -0.4 is 5.56 Å². The molecule has 2 aromatic heterocycles. The molecule has 0 atom stereocenters. The van der Waals surface area contributed by atoms with E-state index in [1.54, 1.807) is 6.07 Å². The molecule has 0 N–H and O–H groups in total. The van der Waals surface area contributed by atoms with Crippen LogP contribution in [0.25, 0.3) is 11.1 Å². The minimum Gasteiger partial charge on any atom is -0.310 e. The van der Waals surface area contributed by atoms with Crippen molar-refractivity contribution < 1.29 is 4.39 Å². The van der Waals surface area contributed by atoms with Gasteiger partial charge in [0.15, 0.2) is 0 Å². The zero-order valence-electron chi connectivity index (χ0n) is 17.4. The van der Waals surface area contributed by atoms with Gasteiger partial charge in [0.1, 0.15) is 5.82 Å². The molecule has 1 aromatic carbocycles. The highest BCUT2D eigenvalue weighted by molar-refractivity contribution is 5.64. The van der Waals surface area contributed by atoms with E-state index in [-0.39, 0.29) is 11.4 Å². The van der Waals surface area contributed by atoms with Crippen molar-refractivity contribution >= 4 is 0 Å². The molecular formula is C24H27FN4O. The Kier molecular flexibility index (Phi) is 5.03. The summed E-state index contributed by atoms with van der Waals surface area (Å²) >= 11 is 0. The van der Waals surface area contributed by atoms with E-state index < -0.39 is 0 Å². The van der Waals surface area contributed by atoms with Crippen LogP contribution in [-0.4, -0.2) is 31.8 Å². The molecule has 5 nitrogen and oxygen atoms in total. The van der Waals surface area contributed by atoms with E-state index in [0.29, 0.717) is 30.3 Å². The molecule has 1 aliphatic heterocycles. The van der Waals surface area contributed by atoms with E-state index in [1.165, 1.54) is 37.0 Å². The molecule has 2 aliphatic rings. The summed E-state index contributed by atoms with van der Waals surface area (Å²) in [6.07, 6.45) is 6.67. The topological polar surface area (TPSA) is 43.1 Å². The van der Waals surface area contributed by atoms with Gasteiger partial charge in [-0.2, -0.15) is 5.10 Å². The van der Waals surface area contributed by atoms with Crippen molar-refractivity contribution in [2.45, 2.75) is 58.3 Å². The number of rotatable bonds is 5. The van der Waals surface area contributed by atoms with E-state index in [0.717, 1.165) is 30.9 Å². The van der Waals surface area contributed by atoms with Gasteiger partial charge in [-0.05, 0) is 55.2 Å². The van der Waals surface area contributed by atoms with E-state index in [1.807, 2.05) is 40.6 Å². The van der Waals surface area contributed by atoms with Gasteiger partial charge in [-0.15, -0.1) is 0 Å². The smallest absolute Gasteiger partial charge is 0.258 e. The van der Waals surface area contributed by atoms with Gasteiger partial charge in [0.2, 0.25) is 0 Å². The van der Waals surface area contributed by atoms with Crippen molar-refractivity contribution in [3.8, 4) is 11.1 Å². The molecule has 0 radical (unpaired) electrons. The number of pyridine rings is 1. The Morgan fingerprint density at radius 3 is 2.73 bits per heavy atom. The molecule has 1 saturated carbocycles. The van der Waals surface area contributed by atoms with E-state index in [4.69, 9.17) is 0 Å². The first-order valence-electron chi connectivity index (χ1n) is 10.8. The van der Waals surface area contributed by atoms with Gasteiger partial charge in [0.05, 0.1) is 12.2 Å². The molecule has 5 rings (SSSR count). The first-order valence-corrected chi connectivity index (χ1v) is 10.8. The zero-order valence-corrected chi connectivity index (χ0v) is 17.4. The number of nitrogens with zero attached hydrogens (tertiary/aromatic N) is 4. The van der Waals surface area contributed by atoms with Crippen LogP contribution in [0.1, 0.15) is 36.2 Å². The van der Waals surface area contributed by atoms with Crippen molar-refractivity contribution in [1.82, 2.24) is 19.2 Å². The molecule has 1 aliphatic carbocycles. The minimum absolute atomic E-state index is 0.0414. The summed E-state index contributed by atoms with van der Waals surface area (Å²) in [5.74, 6) is -0.320. The molecule has 1 fully saturated rings. The predicted octanol–water partition coefficient (Wildman–Crippen LogP) is 3.77. The van der Waals surface area contributed by atoms with Crippen molar-refractivity contribution in [2.24, 2.45) is 0 Å². The summed E-state index contributed by atoms with van der Waals surface area (Å²) < 4.78 is 17.7. The molecule has 0 amide bonds. The Balaban J connectivity index is 1.55. The van der Waals surface area contributed by atoms with E-state index in [9.17, 15) is 9.18 Å². The van der Waals surface area contributed by atoms with Crippen molar-refractivity contribution in [1.29, 1.82) is 0 Å². The van der Waals surface area contributed by atoms with E-state index >= 15 is 0 Å². The lowest BCUT2D eigenvalue weighted by molar-refractivity contribution is 0.111. The Labute approximate surface area is 175 Å². The van der Waals surface area contributed by atoms with Crippen molar-refractivity contribution in [3.05, 3.63) is 75.7 Å². The number of aryl methyl sites for hydroxylation is 2. The van der Waals surface area contributed by atoms with Gasteiger partial charge in [0.25, 0.3) is 5.56 Å². The first-order chi connectivity index (χ1) is 14.6. The number of benzene rings is 1. The third-order valence-corrected chi connectivity index (χ3v) is 6.55. The van der Waals surface area contributed by atoms with Gasteiger partial charge in [-0.3, -0.25) is 14.4 Å². The number of halogens is 1. The molecule has 0 unspecified atom stereocenters. The van der Waals surface area contributed by atoms with Gasteiger partial charge >= 0.3 is 0 Å². The van der Waals surface area contributed by atoms with Crippen molar-refractivity contribution in [2.75, 3.05) is 6.54 Å². The third-order valence-electron chi connectivity index (χ3n) is 6.55. The minimum atomic E-state index is -0.320. The van der Waals surface area contributed by atoms with Crippen LogP contribution in [0.15, 0.2) is 47.4 Å². The molecule has 30 heavy (non-hydrogen) atoms. The number of hydrogen-bond acceptors (Lipinski definition) is 3. The predicted molar refractivity (Wildman–Crippen MR) is 115 cm³/mol. The second kappa shape index (κ2) is 7.84. The molecule has 0 bridgehead atoms. The van der Waals surface area contributed by atoms with Crippen LogP contribution >= 0.6 is 0 Å². The fraction of sp³-hybridized carbons (Fsp3) is 0.417. The maximum absolute atomic E-state index is 13.9. The molecule has 0 spiro atoms. The summed E-state index contributed by atoms with van der Waals surface area (Å²) in [4.78, 5) is 16.0. The lowest BCUT2D eigenvalue weighted by atomic mass is 9.89. The van der Waals surface area contributed by atoms with Crippen LogP contribution in [-0.2, 0) is 26.1 Å². The van der Waals surface area contributed by atoms with E-state index in [2.05, 4.69) is 10.00 Å². The second-order valence-corrected chi connectivity index (χ2v) is 8.52. The highest BCUT2D eigenvalue weighted by Gasteiger charge is 2.29. The molecule has 156 valence electrons. The van der Waals surface area contributed by atoms with Crippen LogP contribution in [0.4, 0.5) is 4.39 Å². The Bertz CT molecular complexity index is 1130. The summed E-state index contributed by atoms with van der Waals surface area (Å²) in [7, 11) is 0. The molecule has 3 heterocycles. The number of hydrogen-bond donors (Lipinski definition) is 0. The average Bonchev–Trinajstić information content (AvgIpc) is 3.11. The third kappa shape index (κ3) is 3.60. The molecular weight excluding hydrogens is 379 g/mol. The zero-order chi connectivity index (χ0) is 20.7. The van der Waals surface area contributed by atoms with Crippen LogP contribution in [0, 0.1) is 12.7 Å². The van der Waals surface area contributed by atoms with Crippen LogP contribution in [0.3, 0.4) is 0 Å². The summed E-state index contributed by atoms with van der Waals surface area (Å²) in [6, 6.07) is 11.0. The summed E-state index contributed by atoms with van der Waals surface area (Å²) in [6.45, 7) is 5.03. The van der Waals surface area contributed by atoms with Gasteiger partial charge in [-0.25, -0.2) is 4.39 Å². The monoisotopic (exact) mass is 406 g/mol. The highest BCUT2D eigenvalue weighted by atomic mass is 19.1. The average molecular weight is 407 g/mol. The molecule has 3 aromatic rings. The lowest BCUT2D eigenvalue weighted by Crippen LogP contribution is -2.44. The second-order valence-electron chi connectivity index (χ2n) is 8.52. The molecule has 6 heteroatoms. The standard InChI is InChI=1S/C24H27FN4O/c1-17-8-11-28(26-17)12-13-29-23-9-10-27(21-6-3-7-21)16-19(23)15-22(24(29)30)18-4-2-5-20(25)14-18/h2,4-5,8,11,14-15,21H,3,6-7,9-10,12-13,16H2,1H3. The SMILES string of the molecule is Cc1ccn(CCn2c3c(cc(-c4cccc(F)c4)c2=O)CN(C2CCC2)CC3)n1. The fourth-order valence-corrected chi connectivity index (χ4v) is 4.69. The van der Waals surface area contributed by atoms with Gasteiger partial charge in [-0.1, -0.05) is 18.6 Å². The number of fused-ring (bicyclic) bond motifs is 1. The maximum Gasteiger partial charge on any atom is 0.258 e. The summed E-state index contributed by atoms with van der Waals surface area (Å²) in [5.41, 5.74) is 4.48. The summed E-state index contributed by atoms with van der Waals surface area (Å²) in [5, 5.41) is 4.46. The van der Waals surface area contributed by atoms with Gasteiger partial charge < -0.3 is 4.57 Å². The fourth-order valence-electron chi connectivity index (χ4n) is 4.69. The number of aromatic nitrogens is 3. The van der Waals surface area contributed by atoms with Crippen LogP contribution in [0.2, 0.25) is 0 Å². The first kappa shape index (κ1) is 19.2. The van der Waals surface area contributed by atoms with Crippen molar-refractivity contribution in [3.63, 3.8) is 0 Å². The largest absolute Gasteiger partial charge is 0.310 e. The van der Waals surface area contributed by atoms with Gasteiger partial charge in [0, 0.05) is 49.6 Å². The normalized spacial score (nSPS) is 17.0. The Morgan fingerprint density at radius 2 is 2.03 bits per heavy atom. The quantitative estimate of drug-likeness (QED) is 0.648. The molecule has 0 saturated heterocycles. The van der Waals surface area contributed by atoms with Crippen LogP contribution in [0.5, 0.6) is 0 Å².